The third kappa shape index (κ3) is 9.78. The van der Waals surface area contributed by atoms with Crippen molar-refractivity contribution in [3.8, 4) is 0 Å². The molecule has 0 saturated carbocycles. The molecule has 33 heavy (non-hydrogen) atoms. The number of hydrogen-bond donors (Lipinski definition) is 4. The number of halogens is 1. The summed E-state index contributed by atoms with van der Waals surface area (Å²) >= 11 is 6.22. The molecule has 3 amide bonds. The van der Waals surface area contributed by atoms with Gasteiger partial charge in [0.05, 0.1) is 12.7 Å². The molecule has 0 aliphatic carbocycles. The molecule has 1 heterocycles. The largest absolute Gasteiger partial charge is 0.465 e. The number of piperidine rings is 1. The molecule has 0 spiro atoms. The predicted molar refractivity (Wildman–Crippen MR) is 131 cm³/mol. The number of nitrogens with one attached hydrogen (secondary N) is 3. The zero-order chi connectivity index (χ0) is 24.4. The number of likely N-dealkylation sites (tertiary alicyclic amines) is 1. The fourth-order valence-electron chi connectivity index (χ4n) is 4.40. The van der Waals surface area contributed by atoms with Gasteiger partial charge in [0, 0.05) is 43.2 Å². The van der Waals surface area contributed by atoms with Crippen LogP contribution in [0.2, 0.25) is 5.02 Å². The Morgan fingerprint density at radius 2 is 2.09 bits per heavy atom. The van der Waals surface area contributed by atoms with E-state index in [4.69, 9.17) is 21.4 Å². The van der Waals surface area contributed by atoms with Crippen molar-refractivity contribution < 1.29 is 19.4 Å². The molecule has 1 aromatic rings. The monoisotopic (exact) mass is 482 g/mol. The smallest absolute Gasteiger partial charge is 0.404 e. The topological polar surface area (TPSA) is 103 Å². The Balaban J connectivity index is 2.08. The Bertz CT molecular complexity index is 771. The summed E-state index contributed by atoms with van der Waals surface area (Å²) in [6.45, 7) is 8.93. The molecule has 1 aliphatic rings. The van der Waals surface area contributed by atoms with Gasteiger partial charge in [0.25, 0.3) is 0 Å². The number of benzene rings is 1. The van der Waals surface area contributed by atoms with E-state index in [0.717, 1.165) is 24.8 Å². The lowest BCUT2D eigenvalue weighted by Crippen LogP contribution is -2.52. The van der Waals surface area contributed by atoms with Crippen molar-refractivity contribution in [1.29, 1.82) is 0 Å². The molecule has 1 saturated heterocycles. The van der Waals surface area contributed by atoms with Gasteiger partial charge >= 0.3 is 12.1 Å². The number of carbonyl (C=O) groups is 2. The van der Waals surface area contributed by atoms with Crippen LogP contribution in [0.5, 0.6) is 0 Å². The predicted octanol–water partition coefficient (Wildman–Crippen LogP) is 4.11. The quantitative estimate of drug-likeness (QED) is 0.376. The second-order valence-corrected chi connectivity index (χ2v) is 10.3. The summed E-state index contributed by atoms with van der Waals surface area (Å²) in [5.74, 6) is 0.0816. The summed E-state index contributed by atoms with van der Waals surface area (Å²) in [7, 11) is 1.89. The maximum Gasteiger partial charge on any atom is 0.404 e. The molecule has 0 radical (unpaired) electrons. The van der Waals surface area contributed by atoms with E-state index in [1.807, 2.05) is 36.2 Å². The third-order valence-corrected chi connectivity index (χ3v) is 5.90. The molecule has 1 unspecified atom stereocenters. The average molecular weight is 483 g/mol. The minimum atomic E-state index is -1.08. The number of carboxylic acid groups (broad SMARTS) is 1. The second kappa shape index (κ2) is 13.0. The zero-order valence-corrected chi connectivity index (χ0v) is 21.0. The molecule has 1 aliphatic heterocycles. The number of amides is 3. The van der Waals surface area contributed by atoms with E-state index in [1.165, 1.54) is 0 Å². The molecular weight excluding hydrogens is 444 g/mol. The molecular formula is C24H39ClN4O4. The molecule has 0 bridgehead atoms. The van der Waals surface area contributed by atoms with Gasteiger partial charge in [-0.2, -0.15) is 0 Å². The minimum absolute atomic E-state index is 0.0462. The highest BCUT2D eigenvalue weighted by atomic mass is 35.5. The van der Waals surface area contributed by atoms with Crippen LogP contribution in [0.1, 0.15) is 51.7 Å². The van der Waals surface area contributed by atoms with E-state index >= 15 is 0 Å². The lowest BCUT2D eigenvalue weighted by atomic mass is 9.87. The maximum atomic E-state index is 13.1. The highest BCUT2D eigenvalue weighted by Crippen LogP contribution is 2.34. The molecule has 2 rings (SSSR count). The normalized spacial score (nSPS) is 18.5. The van der Waals surface area contributed by atoms with Crippen LogP contribution in [0.3, 0.4) is 0 Å². The van der Waals surface area contributed by atoms with Crippen molar-refractivity contribution >= 4 is 23.7 Å². The standard InChI is InChI=1S/C24H39ClN4O4/c1-24(2,3)14-20(15-26-4)28-22(30)29-11-6-8-18(16-29)21(33-12-10-27-23(31)32)17-7-5-9-19(25)13-17/h5,7,9,13,18,20-21,26-27H,6,8,10-12,14-16H2,1-4H3,(H,28,30)(H,31,32)/t18-,20+,21?/m1/s1. The van der Waals surface area contributed by atoms with Gasteiger partial charge in [-0.3, -0.25) is 0 Å². The molecule has 4 N–H and O–H groups in total. The highest BCUT2D eigenvalue weighted by Gasteiger charge is 2.32. The molecule has 1 aromatic carbocycles. The lowest BCUT2D eigenvalue weighted by Gasteiger charge is -2.38. The Kier molecular flexibility index (Phi) is 10.7. The van der Waals surface area contributed by atoms with Gasteiger partial charge in [-0.15, -0.1) is 0 Å². The van der Waals surface area contributed by atoms with Crippen LogP contribution in [0.4, 0.5) is 9.59 Å². The second-order valence-electron chi connectivity index (χ2n) is 9.90. The van der Waals surface area contributed by atoms with Crippen molar-refractivity contribution in [3.05, 3.63) is 34.9 Å². The fourth-order valence-corrected chi connectivity index (χ4v) is 4.60. The summed E-state index contributed by atoms with van der Waals surface area (Å²) in [5.41, 5.74) is 1.04. The Morgan fingerprint density at radius 3 is 2.73 bits per heavy atom. The van der Waals surface area contributed by atoms with Crippen molar-refractivity contribution in [2.45, 2.75) is 52.2 Å². The van der Waals surface area contributed by atoms with Gasteiger partial charge in [-0.1, -0.05) is 44.5 Å². The number of likely N-dealkylation sites (N-methyl/N-ethyl adjacent to an activating group) is 1. The minimum Gasteiger partial charge on any atom is -0.465 e. The van der Waals surface area contributed by atoms with Gasteiger partial charge in [0.2, 0.25) is 0 Å². The summed E-state index contributed by atoms with van der Waals surface area (Å²) in [6, 6.07) is 7.53. The van der Waals surface area contributed by atoms with Crippen LogP contribution in [0, 0.1) is 11.3 Å². The van der Waals surface area contributed by atoms with E-state index in [2.05, 4.69) is 36.7 Å². The maximum absolute atomic E-state index is 13.1. The first-order chi connectivity index (χ1) is 15.6. The molecule has 8 nitrogen and oxygen atoms in total. The summed E-state index contributed by atoms with van der Waals surface area (Å²) < 4.78 is 6.13. The molecule has 0 aromatic heterocycles. The molecule has 186 valence electrons. The Hall–Kier alpha value is -2.03. The molecule has 1 fully saturated rings. The number of nitrogens with zero attached hydrogens (tertiary/aromatic N) is 1. The van der Waals surface area contributed by atoms with Crippen molar-refractivity contribution in [2.75, 3.05) is 39.8 Å². The number of rotatable bonds is 10. The first-order valence-electron chi connectivity index (χ1n) is 11.6. The Labute approximate surface area is 202 Å². The average Bonchev–Trinajstić information content (AvgIpc) is 2.72. The van der Waals surface area contributed by atoms with Crippen molar-refractivity contribution in [3.63, 3.8) is 0 Å². The molecule has 3 atom stereocenters. The summed E-state index contributed by atoms with van der Waals surface area (Å²) in [5, 5.41) is 18.1. The first kappa shape index (κ1) is 27.2. The van der Waals surface area contributed by atoms with Gasteiger partial charge in [0.1, 0.15) is 0 Å². The lowest BCUT2D eigenvalue weighted by molar-refractivity contribution is -0.00852. The molecule has 9 heteroatoms. The number of carbonyl (C=O) groups excluding carboxylic acids is 1. The van der Waals surface area contributed by atoms with Crippen molar-refractivity contribution in [2.24, 2.45) is 11.3 Å². The summed E-state index contributed by atoms with van der Waals surface area (Å²) in [6.07, 6.45) is 1.31. The van der Waals surface area contributed by atoms with Crippen LogP contribution >= 0.6 is 11.6 Å². The number of ether oxygens (including phenoxy) is 1. The van der Waals surface area contributed by atoms with Crippen LogP contribution in [-0.2, 0) is 4.74 Å². The number of urea groups is 1. The van der Waals surface area contributed by atoms with Gasteiger partial charge in [0.15, 0.2) is 0 Å². The fraction of sp³-hybridized carbons (Fsp3) is 0.667. The van der Waals surface area contributed by atoms with Crippen LogP contribution in [0.25, 0.3) is 0 Å². The highest BCUT2D eigenvalue weighted by molar-refractivity contribution is 6.30. The third-order valence-electron chi connectivity index (χ3n) is 5.66. The first-order valence-corrected chi connectivity index (χ1v) is 12.0. The van der Waals surface area contributed by atoms with E-state index in [-0.39, 0.29) is 42.7 Å². The van der Waals surface area contributed by atoms with Crippen molar-refractivity contribution in [1.82, 2.24) is 20.9 Å². The van der Waals surface area contributed by atoms with E-state index < -0.39 is 6.09 Å². The Morgan fingerprint density at radius 1 is 1.33 bits per heavy atom. The van der Waals surface area contributed by atoms with Gasteiger partial charge in [-0.25, -0.2) is 9.59 Å². The van der Waals surface area contributed by atoms with E-state index in [9.17, 15) is 9.59 Å². The number of hydrogen-bond acceptors (Lipinski definition) is 4. The SMILES string of the molecule is CNC[C@H](CC(C)(C)C)NC(=O)N1CCC[C@@H](C(OCCNC(=O)O)c2cccc(Cl)c2)C1. The van der Waals surface area contributed by atoms with Gasteiger partial charge < -0.3 is 30.7 Å². The van der Waals surface area contributed by atoms with Gasteiger partial charge in [-0.05, 0) is 49.4 Å². The van der Waals surface area contributed by atoms with Crippen LogP contribution in [0.15, 0.2) is 24.3 Å². The van der Waals surface area contributed by atoms with Crippen LogP contribution in [-0.4, -0.2) is 68.0 Å². The van der Waals surface area contributed by atoms with Crippen LogP contribution < -0.4 is 16.0 Å². The zero-order valence-electron chi connectivity index (χ0n) is 20.2. The van der Waals surface area contributed by atoms with E-state index in [1.54, 1.807) is 0 Å². The van der Waals surface area contributed by atoms with E-state index in [0.29, 0.717) is 24.7 Å². The summed E-state index contributed by atoms with van der Waals surface area (Å²) in [4.78, 5) is 25.7.